The van der Waals surface area contributed by atoms with E-state index in [-0.39, 0.29) is 6.61 Å². The van der Waals surface area contributed by atoms with E-state index in [9.17, 15) is 9.59 Å². The van der Waals surface area contributed by atoms with E-state index in [1.807, 2.05) is 0 Å². The molecular weight excluding hydrogens is 310 g/mol. The van der Waals surface area contributed by atoms with Crippen molar-refractivity contribution in [3.63, 3.8) is 0 Å². The van der Waals surface area contributed by atoms with E-state index >= 15 is 0 Å². The van der Waals surface area contributed by atoms with Crippen molar-refractivity contribution in [2.24, 2.45) is 0 Å². The van der Waals surface area contributed by atoms with E-state index in [1.165, 1.54) is 7.11 Å². The van der Waals surface area contributed by atoms with Crippen molar-refractivity contribution in [2.45, 2.75) is 12.5 Å². The Balaban J connectivity index is 2.06. The molecule has 6 nitrogen and oxygen atoms in total. The van der Waals surface area contributed by atoms with Gasteiger partial charge in [-0.1, -0.05) is 24.3 Å². The molecule has 125 valence electrons. The second kappa shape index (κ2) is 8.01. The van der Waals surface area contributed by atoms with Crippen LogP contribution in [-0.2, 0) is 20.9 Å². The van der Waals surface area contributed by atoms with Crippen molar-refractivity contribution in [1.82, 2.24) is 5.73 Å². The average Bonchev–Trinajstić information content (AvgIpc) is 2.61. The van der Waals surface area contributed by atoms with Gasteiger partial charge >= 0.3 is 5.97 Å². The SMILES string of the molecule is COc1ccc(COC(=O)C(C([NH])=O)c2ccc(OC)cc2)cc1. The van der Waals surface area contributed by atoms with Gasteiger partial charge in [0.15, 0.2) is 5.92 Å². The van der Waals surface area contributed by atoms with Crippen LogP contribution >= 0.6 is 0 Å². The number of methoxy groups -OCH3 is 2. The fourth-order valence-corrected chi connectivity index (χ4v) is 2.15. The first-order valence-corrected chi connectivity index (χ1v) is 7.24. The van der Waals surface area contributed by atoms with Gasteiger partial charge < -0.3 is 14.2 Å². The van der Waals surface area contributed by atoms with Gasteiger partial charge in [0.2, 0.25) is 0 Å². The molecule has 0 bridgehead atoms. The van der Waals surface area contributed by atoms with Crippen LogP contribution in [0.15, 0.2) is 48.5 Å². The average molecular weight is 328 g/mol. The van der Waals surface area contributed by atoms with Gasteiger partial charge in [-0.3, -0.25) is 15.3 Å². The summed E-state index contributed by atoms with van der Waals surface area (Å²) in [6.07, 6.45) is 0. The van der Waals surface area contributed by atoms with Gasteiger partial charge in [-0.25, -0.2) is 0 Å². The Morgan fingerprint density at radius 2 is 1.42 bits per heavy atom. The van der Waals surface area contributed by atoms with Crippen molar-refractivity contribution in [3.8, 4) is 11.5 Å². The zero-order valence-electron chi connectivity index (χ0n) is 13.4. The van der Waals surface area contributed by atoms with Crippen LogP contribution in [0.3, 0.4) is 0 Å². The Labute approximate surface area is 140 Å². The smallest absolute Gasteiger partial charge is 0.323 e. The third kappa shape index (κ3) is 4.25. The van der Waals surface area contributed by atoms with Gasteiger partial charge in [0.25, 0.3) is 5.91 Å². The zero-order valence-corrected chi connectivity index (χ0v) is 13.4. The van der Waals surface area contributed by atoms with Crippen LogP contribution in [0.4, 0.5) is 0 Å². The highest BCUT2D eigenvalue weighted by Crippen LogP contribution is 2.22. The van der Waals surface area contributed by atoms with Gasteiger partial charge in [-0.05, 0) is 35.4 Å². The summed E-state index contributed by atoms with van der Waals surface area (Å²) < 4.78 is 15.3. The topological polar surface area (TPSA) is 85.6 Å². The Morgan fingerprint density at radius 3 is 1.88 bits per heavy atom. The quantitative estimate of drug-likeness (QED) is 0.575. The highest BCUT2D eigenvalue weighted by Gasteiger charge is 2.28. The molecular formula is C18H18NO5. The molecule has 0 fully saturated rings. The van der Waals surface area contributed by atoms with E-state index in [0.29, 0.717) is 17.1 Å². The van der Waals surface area contributed by atoms with Crippen LogP contribution < -0.4 is 15.2 Å². The molecule has 0 aliphatic carbocycles. The lowest BCUT2D eigenvalue weighted by Crippen LogP contribution is -2.24. The summed E-state index contributed by atoms with van der Waals surface area (Å²) in [5.41, 5.74) is 8.51. The number of esters is 1. The maximum atomic E-state index is 12.2. The Hall–Kier alpha value is -3.02. The van der Waals surface area contributed by atoms with E-state index in [1.54, 1.807) is 55.6 Å². The lowest BCUT2D eigenvalue weighted by molar-refractivity contribution is -0.149. The number of carbonyl (C=O) groups excluding carboxylic acids is 2. The predicted octanol–water partition coefficient (Wildman–Crippen LogP) is 2.34. The summed E-state index contributed by atoms with van der Waals surface area (Å²) in [5.74, 6) is -1.74. The Morgan fingerprint density at radius 1 is 0.917 bits per heavy atom. The molecule has 0 aliphatic heterocycles. The molecule has 24 heavy (non-hydrogen) atoms. The standard InChI is InChI=1S/C18H18NO5/c1-22-14-7-3-12(4-8-14)11-24-18(21)16(17(19)20)13-5-9-15(23-2)10-6-13/h3-10,16,19H,11H2,1-2H3. The molecule has 0 heterocycles. The van der Waals surface area contributed by atoms with Gasteiger partial charge in [-0.2, -0.15) is 0 Å². The summed E-state index contributed by atoms with van der Waals surface area (Å²) in [5, 5.41) is 0. The van der Waals surface area contributed by atoms with Gasteiger partial charge in [-0.15, -0.1) is 0 Å². The molecule has 1 amide bonds. The predicted molar refractivity (Wildman–Crippen MR) is 86.6 cm³/mol. The van der Waals surface area contributed by atoms with Crippen LogP contribution in [0.25, 0.3) is 0 Å². The Kier molecular flexibility index (Phi) is 5.78. The minimum atomic E-state index is -1.27. The summed E-state index contributed by atoms with van der Waals surface area (Å²) in [4.78, 5) is 23.8. The summed E-state index contributed by atoms with van der Waals surface area (Å²) >= 11 is 0. The van der Waals surface area contributed by atoms with Crippen molar-refractivity contribution >= 4 is 11.9 Å². The largest absolute Gasteiger partial charge is 0.497 e. The van der Waals surface area contributed by atoms with Crippen LogP contribution in [-0.4, -0.2) is 26.1 Å². The van der Waals surface area contributed by atoms with Gasteiger partial charge in [0, 0.05) is 0 Å². The molecule has 1 radical (unpaired) electrons. The number of nitrogens with one attached hydrogen (secondary N) is 1. The number of hydrogen-bond acceptors (Lipinski definition) is 5. The third-order valence-corrected chi connectivity index (χ3v) is 3.49. The molecule has 2 aromatic rings. The van der Waals surface area contributed by atoms with E-state index in [4.69, 9.17) is 19.9 Å². The molecule has 1 N–H and O–H groups in total. The van der Waals surface area contributed by atoms with Crippen LogP contribution in [0, 0.1) is 0 Å². The normalized spacial score (nSPS) is 11.4. The molecule has 6 heteroatoms. The van der Waals surface area contributed by atoms with E-state index < -0.39 is 17.8 Å². The molecule has 1 atom stereocenters. The number of amides is 1. The molecule has 0 aliphatic rings. The molecule has 0 saturated heterocycles. The highest BCUT2D eigenvalue weighted by molar-refractivity contribution is 6.02. The van der Waals surface area contributed by atoms with Crippen LogP contribution in [0.2, 0.25) is 0 Å². The number of carbonyl (C=O) groups is 2. The summed E-state index contributed by atoms with van der Waals surface area (Å²) in [6.45, 7) is 0.0166. The fraction of sp³-hybridized carbons (Fsp3) is 0.222. The maximum absolute atomic E-state index is 12.2. The molecule has 2 aromatic carbocycles. The highest BCUT2D eigenvalue weighted by atomic mass is 16.5. The lowest BCUT2D eigenvalue weighted by atomic mass is 9.98. The number of hydrogen-bond donors (Lipinski definition) is 0. The molecule has 2 rings (SSSR count). The van der Waals surface area contributed by atoms with E-state index in [2.05, 4.69) is 0 Å². The maximum Gasteiger partial charge on any atom is 0.323 e. The first-order chi connectivity index (χ1) is 11.5. The van der Waals surface area contributed by atoms with Gasteiger partial charge in [0.1, 0.15) is 18.1 Å². The Bertz CT molecular complexity index is 694. The monoisotopic (exact) mass is 328 g/mol. The van der Waals surface area contributed by atoms with Gasteiger partial charge in [0.05, 0.1) is 14.2 Å². The summed E-state index contributed by atoms with van der Waals surface area (Å²) in [7, 11) is 3.08. The van der Waals surface area contributed by atoms with Crippen molar-refractivity contribution in [3.05, 3.63) is 59.7 Å². The second-order valence-electron chi connectivity index (χ2n) is 5.03. The number of rotatable bonds is 7. The number of ether oxygens (including phenoxy) is 3. The van der Waals surface area contributed by atoms with Crippen LogP contribution in [0.1, 0.15) is 17.0 Å². The van der Waals surface area contributed by atoms with Crippen molar-refractivity contribution < 1.29 is 23.8 Å². The molecule has 0 saturated carbocycles. The van der Waals surface area contributed by atoms with Crippen LogP contribution in [0.5, 0.6) is 11.5 Å². The zero-order chi connectivity index (χ0) is 17.5. The minimum absolute atomic E-state index is 0.0166. The molecule has 1 unspecified atom stereocenters. The third-order valence-electron chi connectivity index (χ3n) is 3.49. The van der Waals surface area contributed by atoms with E-state index in [0.717, 1.165) is 5.56 Å². The summed E-state index contributed by atoms with van der Waals surface area (Å²) in [6, 6.07) is 13.4. The first-order valence-electron chi connectivity index (χ1n) is 7.24. The van der Waals surface area contributed by atoms with Crippen molar-refractivity contribution in [1.29, 1.82) is 0 Å². The second-order valence-corrected chi connectivity index (χ2v) is 5.03. The molecule has 0 aromatic heterocycles. The number of benzene rings is 2. The molecule has 0 spiro atoms. The van der Waals surface area contributed by atoms with Crippen molar-refractivity contribution in [2.75, 3.05) is 14.2 Å². The fourth-order valence-electron chi connectivity index (χ4n) is 2.15. The first kappa shape index (κ1) is 17.3. The lowest BCUT2D eigenvalue weighted by Gasteiger charge is -2.13. The minimum Gasteiger partial charge on any atom is -0.497 e.